The highest BCUT2D eigenvalue weighted by Gasteiger charge is 2.27. The maximum Gasteiger partial charge on any atom is 0.258 e. The van der Waals surface area contributed by atoms with E-state index in [1.807, 2.05) is 13.8 Å². The third-order valence-electron chi connectivity index (χ3n) is 6.68. The number of hydrogen-bond acceptors (Lipinski definition) is 6. The molecule has 1 aliphatic rings. The molecule has 8 nitrogen and oxygen atoms in total. The topological polar surface area (TPSA) is 93.5 Å². The molecule has 3 aromatic rings. The first-order valence-corrected chi connectivity index (χ1v) is 13.3. The van der Waals surface area contributed by atoms with Crippen LogP contribution >= 0.6 is 11.6 Å². The van der Waals surface area contributed by atoms with Gasteiger partial charge in [-0.3, -0.25) is 19.0 Å². The van der Waals surface area contributed by atoms with Gasteiger partial charge in [0, 0.05) is 60.9 Å². The number of hydrogen-bond donors (Lipinski definition) is 1. The Labute approximate surface area is 231 Å². The maximum atomic E-state index is 14.6. The van der Waals surface area contributed by atoms with Gasteiger partial charge in [0.25, 0.3) is 5.56 Å². The Morgan fingerprint density at radius 2 is 1.85 bits per heavy atom. The number of piperidine rings is 1. The van der Waals surface area contributed by atoms with E-state index in [0.29, 0.717) is 36.6 Å². The van der Waals surface area contributed by atoms with E-state index in [4.69, 9.17) is 16.3 Å². The molecule has 1 fully saturated rings. The summed E-state index contributed by atoms with van der Waals surface area (Å²) in [4.78, 5) is 44.5. The van der Waals surface area contributed by atoms with Crippen molar-refractivity contribution in [3.05, 3.63) is 81.0 Å². The smallest absolute Gasteiger partial charge is 0.258 e. The molecular weight excluding hydrogens is 523 g/mol. The van der Waals surface area contributed by atoms with E-state index in [-0.39, 0.29) is 59.5 Å². The zero-order chi connectivity index (χ0) is 28.1. The van der Waals surface area contributed by atoms with Gasteiger partial charge >= 0.3 is 0 Å². The van der Waals surface area contributed by atoms with Crippen LogP contribution < -0.4 is 15.6 Å². The van der Waals surface area contributed by atoms with Crippen LogP contribution in [-0.2, 0) is 22.6 Å². The van der Waals surface area contributed by atoms with Crippen LogP contribution in [0.4, 0.5) is 16.0 Å². The van der Waals surface area contributed by atoms with Gasteiger partial charge in [-0.15, -0.1) is 0 Å². The lowest BCUT2D eigenvalue weighted by Crippen LogP contribution is -2.39. The minimum Gasteiger partial charge on any atom is -0.488 e. The summed E-state index contributed by atoms with van der Waals surface area (Å²) in [7, 11) is 0. The highest BCUT2D eigenvalue weighted by molar-refractivity contribution is 6.30. The van der Waals surface area contributed by atoms with Crippen molar-refractivity contribution >= 4 is 34.9 Å². The summed E-state index contributed by atoms with van der Waals surface area (Å²) < 4.78 is 21.5. The van der Waals surface area contributed by atoms with Crippen molar-refractivity contribution in [2.75, 3.05) is 18.4 Å². The number of rotatable bonds is 9. The number of anilines is 2. The second-order valence-electron chi connectivity index (χ2n) is 9.99. The first kappa shape index (κ1) is 28.3. The van der Waals surface area contributed by atoms with Crippen molar-refractivity contribution in [1.82, 2.24) is 14.5 Å². The van der Waals surface area contributed by atoms with Crippen LogP contribution in [0.15, 0.2) is 53.5 Å². The van der Waals surface area contributed by atoms with E-state index in [2.05, 4.69) is 10.3 Å². The quantitative estimate of drug-likeness (QED) is 0.401. The number of amides is 1. The monoisotopic (exact) mass is 554 g/mol. The van der Waals surface area contributed by atoms with Crippen molar-refractivity contribution in [2.45, 2.75) is 52.7 Å². The van der Waals surface area contributed by atoms with Crippen molar-refractivity contribution in [3.8, 4) is 5.75 Å². The Kier molecular flexibility index (Phi) is 9.01. The van der Waals surface area contributed by atoms with E-state index in [1.54, 1.807) is 35.2 Å². The maximum absolute atomic E-state index is 14.6. The second kappa shape index (κ2) is 12.4. The van der Waals surface area contributed by atoms with Crippen molar-refractivity contribution in [1.29, 1.82) is 0 Å². The molecule has 0 atom stereocenters. The SMILES string of the molecule is CC(=O)N1CCC(C(=O)Cc2cnc(Nc3ccc(OC(C)C)c(F)c3)n(Cc3ccc(Cl)cc3)c2=O)CC1. The summed E-state index contributed by atoms with van der Waals surface area (Å²) in [6, 6.07) is 11.5. The third kappa shape index (κ3) is 7.23. The first-order chi connectivity index (χ1) is 18.6. The largest absolute Gasteiger partial charge is 0.488 e. The number of aromatic nitrogens is 2. The molecule has 0 aliphatic carbocycles. The number of likely N-dealkylation sites (tertiary alicyclic amines) is 1. The molecule has 206 valence electrons. The Morgan fingerprint density at radius 1 is 1.15 bits per heavy atom. The van der Waals surface area contributed by atoms with Crippen LogP contribution in [0.2, 0.25) is 5.02 Å². The summed E-state index contributed by atoms with van der Waals surface area (Å²) >= 11 is 6.03. The van der Waals surface area contributed by atoms with Gasteiger partial charge < -0.3 is 15.0 Å². The fraction of sp³-hybridized carbons (Fsp3) is 0.379. The molecule has 1 aliphatic heterocycles. The molecular formula is C29H32ClFN4O4. The molecule has 1 N–H and O–H groups in total. The van der Waals surface area contributed by atoms with Gasteiger partial charge in [0.2, 0.25) is 11.9 Å². The van der Waals surface area contributed by atoms with Crippen LogP contribution in [-0.4, -0.2) is 45.3 Å². The van der Waals surface area contributed by atoms with E-state index in [0.717, 1.165) is 5.56 Å². The second-order valence-corrected chi connectivity index (χ2v) is 10.4. The van der Waals surface area contributed by atoms with E-state index in [9.17, 15) is 18.8 Å². The summed E-state index contributed by atoms with van der Waals surface area (Å²) in [6.07, 6.45) is 2.33. The van der Waals surface area contributed by atoms with Gasteiger partial charge in [-0.25, -0.2) is 9.37 Å². The number of carbonyl (C=O) groups excluding carboxylic acids is 2. The van der Waals surface area contributed by atoms with Gasteiger partial charge in [-0.2, -0.15) is 0 Å². The molecule has 0 unspecified atom stereocenters. The fourth-order valence-corrected chi connectivity index (χ4v) is 4.71. The van der Waals surface area contributed by atoms with Crippen LogP contribution in [0.25, 0.3) is 0 Å². The molecule has 0 saturated carbocycles. The van der Waals surface area contributed by atoms with E-state index in [1.165, 1.54) is 29.8 Å². The van der Waals surface area contributed by atoms with Crippen LogP contribution in [0.1, 0.15) is 44.7 Å². The Balaban J connectivity index is 1.60. The molecule has 1 amide bonds. The average Bonchev–Trinajstić information content (AvgIpc) is 2.90. The lowest BCUT2D eigenvalue weighted by Gasteiger charge is -2.30. The Hall–Kier alpha value is -3.72. The summed E-state index contributed by atoms with van der Waals surface area (Å²) in [5.41, 5.74) is 1.11. The predicted molar refractivity (Wildman–Crippen MR) is 148 cm³/mol. The first-order valence-electron chi connectivity index (χ1n) is 13.0. The molecule has 1 aromatic heterocycles. The minimum atomic E-state index is -0.543. The number of carbonyl (C=O) groups is 2. The average molecular weight is 555 g/mol. The standard InChI is InChI=1S/C29H32ClFN4O4/c1-18(2)39-27-9-8-24(15-25(27)31)33-29-32-16-22(14-26(37)21-10-12-34(13-11-21)19(3)36)28(38)35(29)17-20-4-6-23(30)7-5-20/h4-9,15-16,18,21H,10-14,17H2,1-3H3,(H,32,33). The molecule has 0 bridgehead atoms. The normalized spacial score (nSPS) is 13.9. The lowest BCUT2D eigenvalue weighted by molar-refractivity contribution is -0.133. The van der Waals surface area contributed by atoms with Crippen molar-refractivity contribution < 1.29 is 18.7 Å². The number of ether oxygens (including phenoxy) is 1. The molecule has 4 rings (SSSR count). The summed E-state index contributed by atoms with van der Waals surface area (Å²) in [6.45, 7) is 6.38. The number of ketones is 1. The van der Waals surface area contributed by atoms with Crippen LogP contribution in [0.5, 0.6) is 5.75 Å². The molecule has 2 aromatic carbocycles. The summed E-state index contributed by atoms with van der Waals surface area (Å²) in [5, 5.41) is 3.60. The predicted octanol–water partition coefficient (Wildman–Crippen LogP) is 4.99. The zero-order valence-electron chi connectivity index (χ0n) is 22.2. The Morgan fingerprint density at radius 3 is 2.46 bits per heavy atom. The highest BCUT2D eigenvalue weighted by atomic mass is 35.5. The molecule has 0 spiro atoms. The molecule has 10 heteroatoms. The van der Waals surface area contributed by atoms with E-state index < -0.39 is 5.82 Å². The fourth-order valence-electron chi connectivity index (χ4n) is 4.58. The van der Waals surface area contributed by atoms with E-state index >= 15 is 0 Å². The van der Waals surface area contributed by atoms with Crippen molar-refractivity contribution in [2.24, 2.45) is 5.92 Å². The van der Waals surface area contributed by atoms with Gasteiger partial charge in [-0.1, -0.05) is 23.7 Å². The number of Topliss-reactive ketones (excluding diaryl/α,β-unsaturated/α-hetero) is 1. The number of nitrogens with one attached hydrogen (secondary N) is 1. The van der Waals surface area contributed by atoms with Gasteiger partial charge in [0.1, 0.15) is 5.78 Å². The number of halogens is 2. The van der Waals surface area contributed by atoms with Gasteiger partial charge in [0.15, 0.2) is 11.6 Å². The molecule has 39 heavy (non-hydrogen) atoms. The third-order valence-corrected chi connectivity index (χ3v) is 6.94. The van der Waals surface area contributed by atoms with Crippen LogP contribution in [0, 0.1) is 11.7 Å². The molecule has 0 radical (unpaired) electrons. The number of nitrogens with zero attached hydrogens (tertiary/aromatic N) is 3. The minimum absolute atomic E-state index is 0.000225. The molecule has 1 saturated heterocycles. The van der Waals surface area contributed by atoms with Gasteiger partial charge in [-0.05, 0) is 56.5 Å². The highest BCUT2D eigenvalue weighted by Crippen LogP contribution is 2.25. The number of benzene rings is 2. The van der Waals surface area contributed by atoms with Crippen molar-refractivity contribution in [3.63, 3.8) is 0 Å². The van der Waals surface area contributed by atoms with Gasteiger partial charge in [0.05, 0.1) is 12.6 Å². The zero-order valence-corrected chi connectivity index (χ0v) is 23.0. The van der Waals surface area contributed by atoms with Crippen LogP contribution in [0.3, 0.4) is 0 Å². The lowest BCUT2D eigenvalue weighted by atomic mass is 9.89. The molecule has 2 heterocycles. The summed E-state index contributed by atoms with van der Waals surface area (Å²) in [5.74, 6) is -0.461. The Bertz CT molecular complexity index is 1400.